The van der Waals surface area contributed by atoms with Gasteiger partial charge in [-0.3, -0.25) is 4.79 Å². The number of nitrogens with one attached hydrogen (secondary N) is 1. The molecule has 11 nitrogen and oxygen atoms in total. The molecule has 0 aromatic carbocycles. The average Bonchev–Trinajstić information content (AvgIpc) is 3.39. The van der Waals surface area contributed by atoms with Crippen LogP contribution in [0, 0.1) is 0 Å². The summed E-state index contributed by atoms with van der Waals surface area (Å²) >= 11 is 0. The number of amides is 1. The van der Waals surface area contributed by atoms with Crippen molar-refractivity contribution >= 4 is 5.91 Å². The molecular formula is C62H117NO10. The minimum atomic E-state index is -1.67. The van der Waals surface area contributed by atoms with E-state index in [1.807, 2.05) is 0 Å². The normalized spacial score (nSPS) is 20.2. The number of hydrogen-bond acceptors (Lipinski definition) is 10. The fourth-order valence-electron chi connectivity index (χ4n) is 9.89. The second-order valence-electron chi connectivity index (χ2n) is 21.8. The van der Waals surface area contributed by atoms with Crippen LogP contribution in [0.5, 0.6) is 0 Å². The van der Waals surface area contributed by atoms with Crippen LogP contribution in [0.2, 0.25) is 0 Å². The Morgan fingerprint density at radius 2 is 0.849 bits per heavy atom. The molecule has 1 aliphatic rings. The number of hydrogen-bond donors (Lipinski definition) is 8. The number of allylic oxidation sites excluding steroid dienone is 6. The van der Waals surface area contributed by atoms with Gasteiger partial charge in [-0.15, -0.1) is 0 Å². The first-order valence-corrected chi connectivity index (χ1v) is 30.9. The molecule has 1 saturated heterocycles. The molecule has 430 valence electrons. The van der Waals surface area contributed by atoms with Crippen LogP contribution in [-0.4, -0.2) is 110 Å². The predicted octanol–water partition coefficient (Wildman–Crippen LogP) is 13.5. The minimum Gasteiger partial charge on any atom is -0.394 e. The van der Waals surface area contributed by atoms with E-state index >= 15 is 0 Å². The standard InChI is InChI=1S/C62H117NO10/c1-3-5-7-9-11-13-15-17-19-20-21-22-23-24-25-26-27-28-29-30-31-32-33-34-35-36-38-40-42-44-46-48-50-55(66)61(71)63-53(52-72-62-60(70)59(69)58(68)56(51-64)73-62)57(67)54(65)49-47-45-43-41-39-37-18-16-14-12-10-8-6-4-2/h21-22,24-25,41,43,53-60,62,64-70H,3-20,23,26-40,42,44-52H2,1-2H3,(H,63,71)/b22-21-,25-24-,43-41+. The Morgan fingerprint density at radius 3 is 1.26 bits per heavy atom. The first-order chi connectivity index (χ1) is 35.7. The van der Waals surface area contributed by atoms with Gasteiger partial charge in [0.15, 0.2) is 6.29 Å². The highest BCUT2D eigenvalue weighted by atomic mass is 16.7. The van der Waals surface area contributed by atoms with Crippen LogP contribution < -0.4 is 5.32 Å². The number of rotatable bonds is 53. The molecule has 0 aromatic heterocycles. The zero-order valence-electron chi connectivity index (χ0n) is 47.1. The van der Waals surface area contributed by atoms with Crippen molar-refractivity contribution in [2.24, 2.45) is 0 Å². The summed E-state index contributed by atoms with van der Waals surface area (Å²) < 4.78 is 11.1. The van der Waals surface area contributed by atoms with Gasteiger partial charge in [0.05, 0.1) is 25.4 Å². The molecule has 1 aliphatic heterocycles. The van der Waals surface area contributed by atoms with Gasteiger partial charge in [0.2, 0.25) is 5.91 Å². The third-order valence-corrected chi connectivity index (χ3v) is 14.9. The molecule has 0 spiro atoms. The smallest absolute Gasteiger partial charge is 0.249 e. The van der Waals surface area contributed by atoms with Gasteiger partial charge in [-0.25, -0.2) is 0 Å². The van der Waals surface area contributed by atoms with E-state index in [-0.39, 0.29) is 12.8 Å². The van der Waals surface area contributed by atoms with Crippen molar-refractivity contribution < 1.29 is 50.0 Å². The molecule has 9 unspecified atom stereocenters. The van der Waals surface area contributed by atoms with Gasteiger partial charge in [0.1, 0.15) is 36.6 Å². The summed E-state index contributed by atoms with van der Waals surface area (Å²) in [5.41, 5.74) is 0. The summed E-state index contributed by atoms with van der Waals surface area (Å²) in [4.78, 5) is 13.2. The van der Waals surface area contributed by atoms with Crippen LogP contribution in [0.4, 0.5) is 0 Å². The molecule has 0 aliphatic carbocycles. The molecule has 8 N–H and O–H groups in total. The highest BCUT2D eigenvalue weighted by Crippen LogP contribution is 2.23. The van der Waals surface area contributed by atoms with Crippen molar-refractivity contribution in [3.8, 4) is 0 Å². The van der Waals surface area contributed by atoms with Crippen LogP contribution in [0.3, 0.4) is 0 Å². The topological polar surface area (TPSA) is 189 Å². The second kappa shape index (κ2) is 51.1. The first kappa shape index (κ1) is 69.3. The highest BCUT2D eigenvalue weighted by Gasteiger charge is 2.44. The van der Waals surface area contributed by atoms with Crippen LogP contribution in [0.25, 0.3) is 0 Å². The van der Waals surface area contributed by atoms with Crippen LogP contribution >= 0.6 is 0 Å². The maximum Gasteiger partial charge on any atom is 0.249 e. The van der Waals surface area contributed by atoms with E-state index in [2.05, 4.69) is 55.6 Å². The van der Waals surface area contributed by atoms with Gasteiger partial charge in [0.25, 0.3) is 0 Å². The minimum absolute atomic E-state index is 0.255. The SMILES string of the molecule is CCCCCCCCCCC/C=C\C/C=C\CCCCCCCCCCCCCCCCCCC(O)C(=O)NC(COC1OC(CO)C(O)C(O)C1O)C(O)C(O)CCC/C=C/CCCCCCCCCCC. The summed E-state index contributed by atoms with van der Waals surface area (Å²) in [6, 6.07) is -1.18. The maximum atomic E-state index is 13.2. The monoisotopic (exact) mass is 1040 g/mol. The second-order valence-corrected chi connectivity index (χ2v) is 21.8. The van der Waals surface area contributed by atoms with Gasteiger partial charge in [0, 0.05) is 0 Å². The number of ether oxygens (including phenoxy) is 2. The number of carbonyl (C=O) groups is 1. The number of aliphatic hydroxyl groups excluding tert-OH is 7. The largest absolute Gasteiger partial charge is 0.394 e. The fourth-order valence-corrected chi connectivity index (χ4v) is 9.89. The Labute approximate surface area is 447 Å². The molecular weight excluding hydrogens is 919 g/mol. The molecule has 0 aromatic rings. The Kier molecular flexibility index (Phi) is 48.5. The van der Waals surface area contributed by atoms with E-state index in [4.69, 9.17) is 9.47 Å². The average molecular weight is 1040 g/mol. The van der Waals surface area contributed by atoms with Crippen LogP contribution in [-0.2, 0) is 14.3 Å². The zero-order chi connectivity index (χ0) is 53.3. The van der Waals surface area contributed by atoms with E-state index in [0.29, 0.717) is 12.8 Å². The molecule has 11 heteroatoms. The quantitative estimate of drug-likeness (QED) is 0.0215. The zero-order valence-corrected chi connectivity index (χ0v) is 47.1. The molecule has 73 heavy (non-hydrogen) atoms. The lowest BCUT2D eigenvalue weighted by molar-refractivity contribution is -0.303. The first-order valence-electron chi connectivity index (χ1n) is 30.9. The van der Waals surface area contributed by atoms with E-state index in [0.717, 1.165) is 44.9 Å². The van der Waals surface area contributed by atoms with Crippen molar-refractivity contribution in [1.82, 2.24) is 5.32 Å². The Morgan fingerprint density at radius 1 is 0.479 bits per heavy atom. The van der Waals surface area contributed by atoms with Gasteiger partial charge in [-0.05, 0) is 70.6 Å². The van der Waals surface area contributed by atoms with Gasteiger partial charge in [-0.2, -0.15) is 0 Å². The third-order valence-electron chi connectivity index (χ3n) is 14.9. The Bertz CT molecular complexity index is 1280. The lowest BCUT2D eigenvalue weighted by Crippen LogP contribution is -2.60. The van der Waals surface area contributed by atoms with Gasteiger partial charge < -0.3 is 50.5 Å². The fraction of sp³-hybridized carbons (Fsp3) is 0.887. The lowest BCUT2D eigenvalue weighted by Gasteiger charge is -2.40. The summed E-state index contributed by atoms with van der Waals surface area (Å²) in [7, 11) is 0. The third kappa shape index (κ3) is 39.4. The summed E-state index contributed by atoms with van der Waals surface area (Å²) in [5, 5.41) is 76.1. The van der Waals surface area contributed by atoms with Crippen molar-refractivity contribution in [3.63, 3.8) is 0 Å². The van der Waals surface area contributed by atoms with E-state index in [1.165, 1.54) is 199 Å². The molecule has 0 saturated carbocycles. The molecule has 1 rings (SSSR count). The molecule has 0 radical (unpaired) electrons. The van der Waals surface area contributed by atoms with E-state index < -0.39 is 74.2 Å². The molecule has 1 amide bonds. The van der Waals surface area contributed by atoms with Gasteiger partial charge in [-0.1, -0.05) is 249 Å². The number of unbranched alkanes of at least 4 members (excludes halogenated alkanes) is 35. The van der Waals surface area contributed by atoms with E-state index in [9.17, 15) is 40.5 Å². The molecule has 1 fully saturated rings. The van der Waals surface area contributed by atoms with Crippen LogP contribution in [0.15, 0.2) is 36.5 Å². The maximum absolute atomic E-state index is 13.2. The van der Waals surface area contributed by atoms with E-state index in [1.54, 1.807) is 0 Å². The van der Waals surface area contributed by atoms with Crippen LogP contribution in [0.1, 0.15) is 284 Å². The summed E-state index contributed by atoms with van der Waals surface area (Å²) in [6.07, 6.45) is 52.2. The summed E-state index contributed by atoms with van der Waals surface area (Å²) in [5.74, 6) is -0.704. The van der Waals surface area contributed by atoms with Crippen molar-refractivity contribution in [2.45, 2.75) is 339 Å². The molecule has 1 heterocycles. The highest BCUT2D eigenvalue weighted by molar-refractivity contribution is 5.80. The Balaban J connectivity index is 2.20. The van der Waals surface area contributed by atoms with Gasteiger partial charge >= 0.3 is 0 Å². The van der Waals surface area contributed by atoms with Crippen molar-refractivity contribution in [3.05, 3.63) is 36.5 Å². The predicted molar refractivity (Wildman–Crippen MR) is 302 cm³/mol. The number of carbonyl (C=O) groups excluding carboxylic acids is 1. The Hall–Kier alpha value is -1.67. The summed E-state index contributed by atoms with van der Waals surface area (Å²) in [6.45, 7) is 3.45. The lowest BCUT2D eigenvalue weighted by atomic mass is 9.98. The van der Waals surface area contributed by atoms with Crippen molar-refractivity contribution in [1.29, 1.82) is 0 Å². The molecule has 0 bridgehead atoms. The number of aliphatic hydroxyl groups is 7. The molecule has 9 atom stereocenters. The van der Waals surface area contributed by atoms with Crippen molar-refractivity contribution in [2.75, 3.05) is 13.2 Å².